The summed E-state index contributed by atoms with van der Waals surface area (Å²) in [5, 5.41) is 0. The van der Waals surface area contributed by atoms with E-state index in [0.29, 0.717) is 35.4 Å². The van der Waals surface area contributed by atoms with Gasteiger partial charge >= 0.3 is 0 Å². The van der Waals surface area contributed by atoms with Crippen LogP contribution in [0.2, 0.25) is 0 Å². The molecule has 0 spiro atoms. The fraction of sp³-hybridized carbons (Fsp3) is 0.625. The molecule has 0 amide bonds. The van der Waals surface area contributed by atoms with E-state index in [4.69, 9.17) is 5.73 Å². The lowest BCUT2D eigenvalue weighted by molar-refractivity contribution is 0.283. The van der Waals surface area contributed by atoms with Crippen LogP contribution in [0.5, 0.6) is 0 Å². The van der Waals surface area contributed by atoms with Gasteiger partial charge in [-0.25, -0.2) is 13.1 Å². The molecule has 0 saturated heterocycles. The third-order valence-electron chi connectivity index (χ3n) is 4.37. The molecule has 1 aromatic rings. The van der Waals surface area contributed by atoms with Gasteiger partial charge in [0.15, 0.2) is 0 Å². The van der Waals surface area contributed by atoms with Crippen LogP contribution >= 0.6 is 0 Å². The van der Waals surface area contributed by atoms with Gasteiger partial charge < -0.3 is 5.73 Å². The highest BCUT2D eigenvalue weighted by Gasteiger charge is 2.23. The van der Waals surface area contributed by atoms with E-state index in [9.17, 15) is 8.42 Å². The van der Waals surface area contributed by atoms with E-state index in [1.54, 1.807) is 18.2 Å². The maximum atomic E-state index is 12.5. The van der Waals surface area contributed by atoms with Gasteiger partial charge in [-0.1, -0.05) is 32.8 Å². The number of aryl methyl sites for hydroxylation is 1. The maximum Gasteiger partial charge on any atom is 0.240 e. The van der Waals surface area contributed by atoms with Gasteiger partial charge in [-0.05, 0) is 48.8 Å². The molecule has 5 heteroatoms. The zero-order valence-corrected chi connectivity index (χ0v) is 13.7. The van der Waals surface area contributed by atoms with Gasteiger partial charge in [-0.15, -0.1) is 0 Å². The molecule has 1 aliphatic carbocycles. The van der Waals surface area contributed by atoms with E-state index in [1.807, 2.05) is 6.92 Å². The Morgan fingerprint density at radius 1 is 1.33 bits per heavy atom. The van der Waals surface area contributed by atoms with Crippen molar-refractivity contribution in [3.8, 4) is 0 Å². The first kappa shape index (κ1) is 16.3. The van der Waals surface area contributed by atoms with E-state index in [2.05, 4.69) is 11.6 Å². The Morgan fingerprint density at radius 3 is 2.76 bits per heavy atom. The average molecular weight is 310 g/mol. The summed E-state index contributed by atoms with van der Waals surface area (Å²) in [7, 11) is -3.47. The number of nitrogens with one attached hydrogen (secondary N) is 1. The Bertz CT molecular complexity index is 584. The number of rotatable bonds is 5. The van der Waals surface area contributed by atoms with Crippen LogP contribution in [-0.2, 0) is 16.4 Å². The van der Waals surface area contributed by atoms with Crippen molar-refractivity contribution in [3.63, 3.8) is 0 Å². The summed E-state index contributed by atoms with van der Waals surface area (Å²) < 4.78 is 27.8. The molecule has 1 saturated carbocycles. The molecule has 3 N–H and O–H groups in total. The van der Waals surface area contributed by atoms with Crippen LogP contribution in [0.15, 0.2) is 23.1 Å². The van der Waals surface area contributed by atoms with E-state index >= 15 is 0 Å². The monoisotopic (exact) mass is 310 g/mol. The Kier molecular flexibility index (Phi) is 5.27. The number of nitrogens with two attached hydrogens (primary N) is 1. The van der Waals surface area contributed by atoms with E-state index < -0.39 is 10.0 Å². The van der Waals surface area contributed by atoms with Crippen LogP contribution in [0, 0.1) is 11.8 Å². The lowest BCUT2D eigenvalue weighted by atomic mass is 9.83. The Morgan fingerprint density at radius 2 is 2.10 bits per heavy atom. The van der Waals surface area contributed by atoms with Gasteiger partial charge in [0.05, 0.1) is 4.90 Å². The summed E-state index contributed by atoms with van der Waals surface area (Å²) in [5.41, 5.74) is 7.04. The van der Waals surface area contributed by atoms with Crippen molar-refractivity contribution in [2.24, 2.45) is 11.8 Å². The summed E-state index contributed by atoms with van der Waals surface area (Å²) in [5.74, 6) is 1.15. The van der Waals surface area contributed by atoms with Crippen molar-refractivity contribution >= 4 is 15.7 Å². The minimum Gasteiger partial charge on any atom is -0.399 e. The van der Waals surface area contributed by atoms with Gasteiger partial charge in [-0.2, -0.15) is 0 Å². The largest absolute Gasteiger partial charge is 0.399 e. The van der Waals surface area contributed by atoms with Crippen molar-refractivity contribution < 1.29 is 8.42 Å². The number of hydrogen-bond donors (Lipinski definition) is 2. The molecular formula is C16H26N2O2S. The molecule has 0 heterocycles. The van der Waals surface area contributed by atoms with Crippen molar-refractivity contribution in [2.45, 2.75) is 50.8 Å². The van der Waals surface area contributed by atoms with E-state index in [0.717, 1.165) is 18.4 Å². The van der Waals surface area contributed by atoms with Crippen LogP contribution < -0.4 is 10.5 Å². The summed E-state index contributed by atoms with van der Waals surface area (Å²) in [6.07, 6.45) is 5.37. The second kappa shape index (κ2) is 6.79. The lowest BCUT2D eigenvalue weighted by Crippen LogP contribution is -2.32. The number of hydrogen-bond acceptors (Lipinski definition) is 3. The van der Waals surface area contributed by atoms with Crippen LogP contribution in [0.25, 0.3) is 0 Å². The number of sulfonamides is 1. The normalized spacial score (nSPS) is 23.1. The third kappa shape index (κ3) is 4.20. The smallest absolute Gasteiger partial charge is 0.240 e. The Labute approximate surface area is 128 Å². The van der Waals surface area contributed by atoms with Gasteiger partial charge in [-0.3, -0.25) is 0 Å². The fourth-order valence-electron chi connectivity index (χ4n) is 3.16. The van der Waals surface area contributed by atoms with Crippen LogP contribution in [0.1, 0.15) is 45.1 Å². The quantitative estimate of drug-likeness (QED) is 0.821. The minimum atomic E-state index is -3.47. The highest BCUT2D eigenvalue weighted by molar-refractivity contribution is 7.89. The third-order valence-corrected chi connectivity index (χ3v) is 5.87. The highest BCUT2D eigenvalue weighted by Crippen LogP contribution is 2.28. The van der Waals surface area contributed by atoms with E-state index in [-0.39, 0.29) is 0 Å². The molecule has 0 radical (unpaired) electrons. The predicted octanol–water partition coefficient (Wildman–Crippen LogP) is 2.94. The van der Waals surface area contributed by atoms with Crippen LogP contribution in [0.4, 0.5) is 5.69 Å². The molecule has 1 aromatic carbocycles. The second-order valence-corrected chi connectivity index (χ2v) is 7.95. The molecule has 21 heavy (non-hydrogen) atoms. The standard InChI is InChI=1S/C16H26N2O2S/c1-3-14-7-8-15(17)10-16(14)21(19,20)18-11-13-6-4-5-12(2)9-13/h7-8,10,12-13,18H,3-6,9,11,17H2,1-2H3. The average Bonchev–Trinajstić information content (AvgIpc) is 2.45. The van der Waals surface area contributed by atoms with Gasteiger partial charge in [0.2, 0.25) is 10.0 Å². The Balaban J connectivity index is 2.09. The first-order valence-corrected chi connectivity index (χ1v) is 9.28. The van der Waals surface area contributed by atoms with Crippen molar-refractivity contribution in [3.05, 3.63) is 23.8 Å². The second-order valence-electron chi connectivity index (χ2n) is 6.21. The van der Waals surface area contributed by atoms with Crippen LogP contribution in [0.3, 0.4) is 0 Å². The van der Waals surface area contributed by atoms with Gasteiger partial charge in [0, 0.05) is 12.2 Å². The van der Waals surface area contributed by atoms with Crippen LogP contribution in [-0.4, -0.2) is 15.0 Å². The molecule has 2 rings (SSSR count). The molecule has 1 fully saturated rings. The first-order valence-electron chi connectivity index (χ1n) is 7.80. The summed E-state index contributed by atoms with van der Waals surface area (Å²) in [4.78, 5) is 0.328. The summed E-state index contributed by atoms with van der Waals surface area (Å²) in [6.45, 7) is 4.73. The molecule has 0 aliphatic heterocycles. The Hall–Kier alpha value is -1.07. The molecule has 0 aromatic heterocycles. The SMILES string of the molecule is CCc1ccc(N)cc1S(=O)(=O)NCC1CCCC(C)C1. The zero-order valence-electron chi connectivity index (χ0n) is 12.9. The molecule has 2 unspecified atom stereocenters. The molecule has 118 valence electrons. The summed E-state index contributed by atoms with van der Waals surface area (Å²) >= 11 is 0. The predicted molar refractivity (Wildman–Crippen MR) is 86.5 cm³/mol. The topological polar surface area (TPSA) is 72.2 Å². The lowest BCUT2D eigenvalue weighted by Gasteiger charge is -2.26. The van der Waals surface area contributed by atoms with Crippen molar-refractivity contribution in [2.75, 3.05) is 12.3 Å². The molecule has 4 nitrogen and oxygen atoms in total. The fourth-order valence-corrected chi connectivity index (χ4v) is 4.62. The van der Waals surface area contributed by atoms with Crippen molar-refractivity contribution in [1.29, 1.82) is 0 Å². The first-order chi connectivity index (χ1) is 9.92. The van der Waals surface area contributed by atoms with Crippen molar-refractivity contribution in [1.82, 2.24) is 4.72 Å². The molecule has 2 atom stereocenters. The number of nitrogen functional groups attached to an aromatic ring is 1. The molecule has 0 bridgehead atoms. The maximum absolute atomic E-state index is 12.5. The number of anilines is 1. The van der Waals surface area contributed by atoms with Gasteiger partial charge in [0.1, 0.15) is 0 Å². The van der Waals surface area contributed by atoms with E-state index in [1.165, 1.54) is 12.8 Å². The minimum absolute atomic E-state index is 0.328. The molecular weight excluding hydrogens is 284 g/mol. The molecule has 1 aliphatic rings. The number of benzene rings is 1. The zero-order chi connectivity index (χ0) is 15.5. The van der Waals surface area contributed by atoms with Gasteiger partial charge in [0.25, 0.3) is 0 Å². The summed E-state index contributed by atoms with van der Waals surface area (Å²) in [6, 6.07) is 5.11. The highest BCUT2D eigenvalue weighted by atomic mass is 32.2.